The molecule has 1 aliphatic carbocycles. The van der Waals surface area contributed by atoms with Gasteiger partial charge in [0.2, 0.25) is 0 Å². The molecular weight excluding hydrogens is 210 g/mol. The quantitative estimate of drug-likeness (QED) is 0.840. The molecule has 1 aliphatic rings. The summed E-state index contributed by atoms with van der Waals surface area (Å²) < 4.78 is 0. The van der Waals surface area contributed by atoms with Crippen molar-refractivity contribution in [1.82, 2.24) is 4.98 Å². The smallest absolute Gasteiger partial charge is 0.129 e. The molecule has 1 saturated carbocycles. The van der Waals surface area contributed by atoms with E-state index >= 15 is 0 Å². The summed E-state index contributed by atoms with van der Waals surface area (Å²) in [5, 5.41) is 3.53. The van der Waals surface area contributed by atoms with Crippen molar-refractivity contribution in [2.24, 2.45) is 11.7 Å². The fourth-order valence-electron chi connectivity index (χ4n) is 2.72. The number of nitrogens with one attached hydrogen (secondary N) is 1. The largest absolute Gasteiger partial charge is 0.366 e. The normalized spacial score (nSPS) is 18.9. The van der Waals surface area contributed by atoms with Crippen molar-refractivity contribution in [3.63, 3.8) is 0 Å². The van der Waals surface area contributed by atoms with Crippen molar-refractivity contribution in [2.45, 2.75) is 45.1 Å². The highest BCUT2D eigenvalue weighted by Crippen LogP contribution is 2.28. The number of hydrogen-bond donors (Lipinski definition) is 2. The standard InChI is InChI=1S/C14H23N3/c1-11-6-5-9-16-14(11)17-13(10-15)12-7-3-2-4-8-12/h5-6,9,12-13H,2-4,7-8,10,15H2,1H3,(H,16,17). The molecule has 1 atom stereocenters. The summed E-state index contributed by atoms with van der Waals surface area (Å²) in [5.41, 5.74) is 7.11. The number of rotatable bonds is 4. The second-order valence-electron chi connectivity index (χ2n) is 5.05. The number of pyridine rings is 1. The van der Waals surface area contributed by atoms with Gasteiger partial charge in [-0.2, -0.15) is 0 Å². The number of nitrogens with two attached hydrogens (primary N) is 1. The molecule has 1 aromatic rings. The van der Waals surface area contributed by atoms with Crippen molar-refractivity contribution in [1.29, 1.82) is 0 Å². The van der Waals surface area contributed by atoms with Crippen molar-refractivity contribution >= 4 is 5.82 Å². The maximum atomic E-state index is 5.91. The predicted molar refractivity (Wildman–Crippen MR) is 72.0 cm³/mol. The lowest BCUT2D eigenvalue weighted by Crippen LogP contribution is -2.37. The number of aromatic nitrogens is 1. The second-order valence-corrected chi connectivity index (χ2v) is 5.05. The summed E-state index contributed by atoms with van der Waals surface area (Å²) >= 11 is 0. The molecule has 94 valence electrons. The Labute approximate surface area is 104 Å². The number of aryl methyl sites for hydroxylation is 1. The molecule has 1 heterocycles. The molecular formula is C14H23N3. The maximum Gasteiger partial charge on any atom is 0.129 e. The molecule has 0 amide bonds. The molecule has 17 heavy (non-hydrogen) atoms. The van der Waals surface area contributed by atoms with Gasteiger partial charge in [-0.15, -0.1) is 0 Å². The van der Waals surface area contributed by atoms with Crippen LogP contribution in [0.15, 0.2) is 18.3 Å². The Hall–Kier alpha value is -1.09. The molecule has 1 unspecified atom stereocenters. The maximum absolute atomic E-state index is 5.91. The summed E-state index contributed by atoms with van der Waals surface area (Å²) in [6.07, 6.45) is 8.54. The van der Waals surface area contributed by atoms with Gasteiger partial charge in [0.05, 0.1) is 0 Å². The van der Waals surface area contributed by atoms with Gasteiger partial charge in [0.15, 0.2) is 0 Å². The molecule has 2 rings (SSSR count). The summed E-state index contributed by atoms with van der Waals surface area (Å²) in [6.45, 7) is 2.78. The lowest BCUT2D eigenvalue weighted by molar-refractivity contribution is 0.320. The molecule has 0 aromatic carbocycles. The third-order valence-corrected chi connectivity index (χ3v) is 3.80. The molecule has 3 N–H and O–H groups in total. The first kappa shape index (κ1) is 12.4. The second kappa shape index (κ2) is 6.01. The van der Waals surface area contributed by atoms with Gasteiger partial charge >= 0.3 is 0 Å². The van der Waals surface area contributed by atoms with Crippen molar-refractivity contribution in [3.05, 3.63) is 23.9 Å². The van der Waals surface area contributed by atoms with Gasteiger partial charge in [-0.05, 0) is 37.3 Å². The molecule has 0 bridgehead atoms. The van der Waals surface area contributed by atoms with Crippen LogP contribution < -0.4 is 11.1 Å². The Morgan fingerprint density at radius 2 is 2.18 bits per heavy atom. The average molecular weight is 233 g/mol. The minimum atomic E-state index is 0.379. The molecule has 3 nitrogen and oxygen atoms in total. The first-order valence-corrected chi connectivity index (χ1v) is 6.69. The van der Waals surface area contributed by atoms with E-state index in [1.807, 2.05) is 12.3 Å². The van der Waals surface area contributed by atoms with E-state index in [1.54, 1.807) is 0 Å². The summed E-state index contributed by atoms with van der Waals surface area (Å²) in [7, 11) is 0. The minimum Gasteiger partial charge on any atom is -0.366 e. The highest BCUT2D eigenvalue weighted by atomic mass is 15.0. The average Bonchev–Trinajstić information content (AvgIpc) is 2.39. The fourth-order valence-corrected chi connectivity index (χ4v) is 2.72. The van der Waals surface area contributed by atoms with Gasteiger partial charge in [0, 0.05) is 18.8 Å². The molecule has 1 fully saturated rings. The zero-order valence-corrected chi connectivity index (χ0v) is 10.7. The van der Waals surface area contributed by atoms with Gasteiger partial charge < -0.3 is 11.1 Å². The topological polar surface area (TPSA) is 50.9 Å². The van der Waals surface area contributed by atoms with Crippen molar-refractivity contribution in [2.75, 3.05) is 11.9 Å². The van der Waals surface area contributed by atoms with Crippen LogP contribution in [0.3, 0.4) is 0 Å². The van der Waals surface area contributed by atoms with Gasteiger partial charge in [-0.25, -0.2) is 4.98 Å². The number of nitrogens with zero attached hydrogens (tertiary/aromatic N) is 1. The van der Waals surface area contributed by atoms with Crippen LogP contribution in [0.4, 0.5) is 5.82 Å². The SMILES string of the molecule is Cc1cccnc1NC(CN)C1CCCCC1. The van der Waals surface area contributed by atoms with Crippen LogP contribution in [0.2, 0.25) is 0 Å². The Balaban J connectivity index is 2.01. The number of anilines is 1. The molecule has 0 radical (unpaired) electrons. The molecule has 0 spiro atoms. The van der Waals surface area contributed by atoms with Crippen LogP contribution in [-0.4, -0.2) is 17.6 Å². The van der Waals surface area contributed by atoms with E-state index < -0.39 is 0 Å². The first-order chi connectivity index (χ1) is 8.31. The van der Waals surface area contributed by atoms with Crippen LogP contribution in [0.25, 0.3) is 0 Å². The fraction of sp³-hybridized carbons (Fsp3) is 0.643. The third kappa shape index (κ3) is 3.19. The molecule has 1 aromatic heterocycles. The highest BCUT2D eigenvalue weighted by Gasteiger charge is 2.22. The molecule has 0 aliphatic heterocycles. The summed E-state index contributed by atoms with van der Waals surface area (Å²) in [5.74, 6) is 1.71. The van der Waals surface area contributed by atoms with Crippen molar-refractivity contribution in [3.8, 4) is 0 Å². The van der Waals surface area contributed by atoms with E-state index in [-0.39, 0.29) is 0 Å². The van der Waals surface area contributed by atoms with Crippen molar-refractivity contribution < 1.29 is 0 Å². The van der Waals surface area contributed by atoms with E-state index in [0.29, 0.717) is 12.6 Å². The Kier molecular flexibility index (Phi) is 4.37. The van der Waals surface area contributed by atoms with Gasteiger partial charge in [0.1, 0.15) is 5.82 Å². The van der Waals surface area contributed by atoms with Crippen LogP contribution in [-0.2, 0) is 0 Å². The molecule has 3 heteroatoms. The summed E-state index contributed by atoms with van der Waals surface area (Å²) in [6, 6.07) is 4.44. The van der Waals surface area contributed by atoms with E-state index in [2.05, 4.69) is 23.3 Å². The lowest BCUT2D eigenvalue weighted by Gasteiger charge is -2.30. The highest BCUT2D eigenvalue weighted by molar-refractivity contribution is 5.43. The first-order valence-electron chi connectivity index (χ1n) is 6.69. The Bertz CT molecular complexity index is 345. The third-order valence-electron chi connectivity index (χ3n) is 3.80. The lowest BCUT2D eigenvalue weighted by atomic mass is 9.84. The monoisotopic (exact) mass is 233 g/mol. The minimum absolute atomic E-state index is 0.379. The number of hydrogen-bond acceptors (Lipinski definition) is 3. The van der Waals surface area contributed by atoms with E-state index in [0.717, 1.165) is 11.7 Å². The van der Waals surface area contributed by atoms with Gasteiger partial charge in [-0.1, -0.05) is 25.3 Å². The van der Waals surface area contributed by atoms with Crippen LogP contribution >= 0.6 is 0 Å². The van der Waals surface area contributed by atoms with E-state index in [4.69, 9.17) is 5.73 Å². The van der Waals surface area contributed by atoms with Crippen LogP contribution in [0.1, 0.15) is 37.7 Å². The summed E-state index contributed by atoms with van der Waals surface area (Å²) in [4.78, 5) is 4.39. The Morgan fingerprint density at radius 1 is 1.41 bits per heavy atom. The van der Waals surface area contributed by atoms with Gasteiger partial charge in [0.25, 0.3) is 0 Å². The van der Waals surface area contributed by atoms with Crippen LogP contribution in [0.5, 0.6) is 0 Å². The zero-order valence-electron chi connectivity index (χ0n) is 10.7. The van der Waals surface area contributed by atoms with E-state index in [9.17, 15) is 0 Å². The predicted octanol–water partition coefficient (Wildman–Crippen LogP) is 2.71. The molecule has 0 saturated heterocycles. The Morgan fingerprint density at radius 3 is 2.82 bits per heavy atom. The van der Waals surface area contributed by atoms with Crippen LogP contribution in [0, 0.1) is 12.8 Å². The van der Waals surface area contributed by atoms with E-state index in [1.165, 1.54) is 37.7 Å². The van der Waals surface area contributed by atoms with Gasteiger partial charge in [-0.3, -0.25) is 0 Å². The zero-order chi connectivity index (χ0) is 12.1.